The predicted molar refractivity (Wildman–Crippen MR) is 87.0 cm³/mol. The molecule has 25 heavy (non-hydrogen) atoms. The van der Waals surface area contributed by atoms with Gasteiger partial charge in [-0.15, -0.1) is 0 Å². The van der Waals surface area contributed by atoms with Crippen molar-refractivity contribution in [2.75, 3.05) is 12.4 Å². The van der Waals surface area contributed by atoms with Crippen molar-refractivity contribution in [3.63, 3.8) is 0 Å². The van der Waals surface area contributed by atoms with Crippen LogP contribution in [0.4, 0.5) is 17.2 Å². The Kier molecular flexibility index (Phi) is 3.93. The van der Waals surface area contributed by atoms with Crippen LogP contribution in [-0.4, -0.2) is 27.6 Å². The highest BCUT2D eigenvalue weighted by atomic mass is 16.6. The first-order chi connectivity index (χ1) is 11.9. The maximum atomic E-state index is 11.5. The molecule has 128 valence electrons. The average molecular weight is 344 g/mol. The summed E-state index contributed by atoms with van der Waals surface area (Å²) in [6, 6.07) is 5.85. The molecule has 2 heterocycles. The van der Waals surface area contributed by atoms with E-state index >= 15 is 0 Å². The number of benzene rings is 1. The van der Waals surface area contributed by atoms with Gasteiger partial charge in [-0.1, -0.05) is 0 Å². The number of fused-ring (bicyclic) bond motifs is 1. The van der Waals surface area contributed by atoms with Crippen LogP contribution in [0.15, 0.2) is 39.7 Å². The molecule has 10 heteroatoms. The van der Waals surface area contributed by atoms with Crippen LogP contribution in [0.25, 0.3) is 11.1 Å². The molecular weight excluding hydrogens is 332 g/mol. The van der Waals surface area contributed by atoms with Crippen LogP contribution >= 0.6 is 0 Å². The Morgan fingerprint density at radius 1 is 1.40 bits per heavy atom. The van der Waals surface area contributed by atoms with Crippen molar-refractivity contribution in [2.24, 2.45) is 7.05 Å². The van der Waals surface area contributed by atoms with E-state index in [-0.39, 0.29) is 11.4 Å². The first kappa shape index (κ1) is 16.2. The van der Waals surface area contributed by atoms with E-state index < -0.39 is 22.3 Å². The predicted octanol–water partition coefficient (Wildman–Crippen LogP) is 1.96. The van der Waals surface area contributed by atoms with Gasteiger partial charge in [0, 0.05) is 31.1 Å². The smallest absolute Gasteiger partial charge is 0.419 e. The van der Waals surface area contributed by atoms with E-state index in [4.69, 9.17) is 4.42 Å². The van der Waals surface area contributed by atoms with Gasteiger partial charge in [0.05, 0.1) is 23.1 Å². The largest absolute Gasteiger partial charge is 0.465 e. The fraction of sp³-hybridized carbons (Fsp3) is 0.133. The van der Waals surface area contributed by atoms with Crippen LogP contribution in [0.3, 0.4) is 0 Å². The molecule has 1 aromatic carbocycles. The lowest BCUT2D eigenvalue weighted by atomic mass is 10.2. The number of nitrogens with zero attached hydrogens (tertiary/aromatic N) is 3. The molecule has 2 aromatic heterocycles. The first-order valence-electron chi connectivity index (χ1n) is 7.00. The Morgan fingerprint density at radius 2 is 2.16 bits per heavy atom. The molecule has 0 saturated heterocycles. The number of aromatic nitrogens is 2. The zero-order chi connectivity index (χ0) is 18.1. The van der Waals surface area contributed by atoms with Crippen molar-refractivity contribution in [1.29, 1.82) is 0 Å². The van der Waals surface area contributed by atoms with Gasteiger partial charge in [0.1, 0.15) is 0 Å². The number of nitrogens with one attached hydrogen (secondary N) is 1. The fourth-order valence-corrected chi connectivity index (χ4v) is 2.27. The molecule has 0 unspecified atom stereocenters. The number of hydrogen-bond acceptors (Lipinski definition) is 8. The molecule has 0 aliphatic rings. The maximum Gasteiger partial charge on any atom is 0.419 e. The summed E-state index contributed by atoms with van der Waals surface area (Å²) in [5.74, 6) is -1.30. The summed E-state index contributed by atoms with van der Waals surface area (Å²) >= 11 is 0. The summed E-state index contributed by atoms with van der Waals surface area (Å²) in [5.41, 5.74) is 0.912. The van der Waals surface area contributed by atoms with Crippen LogP contribution in [0.5, 0.6) is 0 Å². The van der Waals surface area contributed by atoms with Gasteiger partial charge >= 0.3 is 17.4 Å². The molecular formula is C15H12N4O6. The van der Waals surface area contributed by atoms with Crippen molar-refractivity contribution in [3.05, 3.63) is 56.7 Å². The SMILES string of the molecule is COC(=O)c1cnc(Nc2ccc3c(c2)oc(=O)n3C)c([N+](=O)[O-])c1. The number of esters is 1. The molecule has 0 radical (unpaired) electrons. The molecule has 0 atom stereocenters. The number of oxazole rings is 1. The number of pyridine rings is 1. The Labute approximate surface area is 139 Å². The van der Waals surface area contributed by atoms with E-state index in [1.165, 1.54) is 23.9 Å². The first-order valence-corrected chi connectivity index (χ1v) is 7.00. The number of ether oxygens (including phenoxy) is 1. The van der Waals surface area contributed by atoms with Crippen LogP contribution < -0.4 is 11.1 Å². The van der Waals surface area contributed by atoms with Gasteiger partial charge in [0.2, 0.25) is 5.82 Å². The summed E-state index contributed by atoms with van der Waals surface area (Å²) in [6.45, 7) is 0. The second-order valence-corrected chi connectivity index (χ2v) is 5.07. The van der Waals surface area contributed by atoms with E-state index in [1.807, 2.05) is 0 Å². The molecule has 3 aromatic rings. The second-order valence-electron chi connectivity index (χ2n) is 5.07. The monoisotopic (exact) mass is 344 g/mol. The fourth-order valence-electron chi connectivity index (χ4n) is 2.27. The van der Waals surface area contributed by atoms with E-state index in [0.29, 0.717) is 16.8 Å². The van der Waals surface area contributed by atoms with Crippen LogP contribution in [0.1, 0.15) is 10.4 Å². The van der Waals surface area contributed by atoms with E-state index in [1.54, 1.807) is 19.2 Å². The number of rotatable bonds is 4. The van der Waals surface area contributed by atoms with Crippen molar-refractivity contribution in [1.82, 2.24) is 9.55 Å². The van der Waals surface area contributed by atoms with Gasteiger partial charge in [-0.3, -0.25) is 14.7 Å². The van der Waals surface area contributed by atoms with Gasteiger partial charge in [-0.2, -0.15) is 0 Å². The summed E-state index contributed by atoms with van der Waals surface area (Å²) in [7, 11) is 2.74. The molecule has 0 saturated carbocycles. The summed E-state index contributed by atoms with van der Waals surface area (Å²) in [6.07, 6.45) is 1.17. The number of anilines is 2. The van der Waals surface area contributed by atoms with Crippen molar-refractivity contribution < 1.29 is 18.9 Å². The summed E-state index contributed by atoms with van der Waals surface area (Å²) in [5, 5.41) is 14.0. The van der Waals surface area contributed by atoms with Gasteiger partial charge in [-0.05, 0) is 12.1 Å². The highest BCUT2D eigenvalue weighted by molar-refractivity contribution is 5.90. The van der Waals surface area contributed by atoms with Gasteiger partial charge in [0.25, 0.3) is 0 Å². The Bertz CT molecular complexity index is 1050. The summed E-state index contributed by atoms with van der Waals surface area (Å²) < 4.78 is 10.9. The lowest BCUT2D eigenvalue weighted by molar-refractivity contribution is -0.384. The number of carbonyl (C=O) groups excluding carboxylic acids is 1. The van der Waals surface area contributed by atoms with E-state index in [0.717, 1.165) is 6.07 Å². The Morgan fingerprint density at radius 3 is 2.84 bits per heavy atom. The van der Waals surface area contributed by atoms with Gasteiger partial charge in [-0.25, -0.2) is 14.6 Å². The van der Waals surface area contributed by atoms with E-state index in [9.17, 15) is 19.7 Å². The number of methoxy groups -OCH3 is 1. The zero-order valence-electron chi connectivity index (χ0n) is 13.2. The topological polar surface area (TPSA) is 130 Å². The van der Waals surface area contributed by atoms with Crippen LogP contribution in [-0.2, 0) is 11.8 Å². The molecule has 0 aliphatic carbocycles. The van der Waals surface area contributed by atoms with Crippen molar-refractivity contribution in [2.45, 2.75) is 0 Å². The quantitative estimate of drug-likeness (QED) is 0.432. The van der Waals surface area contributed by atoms with Gasteiger partial charge in [0.15, 0.2) is 5.58 Å². The van der Waals surface area contributed by atoms with Gasteiger partial charge < -0.3 is 14.5 Å². The molecule has 10 nitrogen and oxygen atoms in total. The summed E-state index contributed by atoms with van der Waals surface area (Å²) in [4.78, 5) is 37.5. The molecule has 0 spiro atoms. The molecule has 0 amide bonds. The van der Waals surface area contributed by atoms with Crippen LogP contribution in [0.2, 0.25) is 0 Å². The molecule has 0 bridgehead atoms. The minimum atomic E-state index is -0.727. The Hall–Kier alpha value is -3.69. The number of aryl methyl sites for hydroxylation is 1. The van der Waals surface area contributed by atoms with Crippen molar-refractivity contribution >= 4 is 34.3 Å². The number of carbonyl (C=O) groups is 1. The molecule has 0 aliphatic heterocycles. The van der Waals surface area contributed by atoms with Crippen molar-refractivity contribution in [3.8, 4) is 0 Å². The lowest BCUT2D eigenvalue weighted by Gasteiger charge is -2.07. The molecule has 3 rings (SSSR count). The lowest BCUT2D eigenvalue weighted by Crippen LogP contribution is -2.08. The highest BCUT2D eigenvalue weighted by Crippen LogP contribution is 2.28. The minimum absolute atomic E-state index is 0.0377. The maximum absolute atomic E-state index is 11.5. The standard InChI is InChI=1S/C15H12N4O6/c1-18-10-4-3-9(6-12(10)25-15(18)21)17-13-11(19(22)23)5-8(7-16-13)14(20)24-2/h3-7H,1-2H3,(H,16,17). The molecule has 1 N–H and O–H groups in total. The third kappa shape index (κ3) is 2.92. The average Bonchev–Trinajstić information content (AvgIpc) is 2.88. The Balaban J connectivity index is 2.01. The number of hydrogen-bond donors (Lipinski definition) is 1. The van der Waals surface area contributed by atoms with E-state index in [2.05, 4.69) is 15.0 Å². The van der Waals surface area contributed by atoms with Crippen LogP contribution in [0, 0.1) is 10.1 Å². The third-order valence-electron chi connectivity index (χ3n) is 3.54. The zero-order valence-corrected chi connectivity index (χ0v) is 13.2. The number of nitro groups is 1. The minimum Gasteiger partial charge on any atom is -0.465 e. The third-order valence-corrected chi connectivity index (χ3v) is 3.54. The highest BCUT2D eigenvalue weighted by Gasteiger charge is 2.20. The second kappa shape index (κ2) is 6.07. The normalized spacial score (nSPS) is 10.6. The molecule has 0 fully saturated rings.